The van der Waals surface area contributed by atoms with Gasteiger partial charge in [-0.05, 0) is 24.3 Å². The minimum absolute atomic E-state index is 0.264. The van der Waals surface area contributed by atoms with Gasteiger partial charge in [-0.25, -0.2) is 5.06 Å². The van der Waals surface area contributed by atoms with E-state index in [2.05, 4.69) is 0 Å². The Morgan fingerprint density at radius 2 is 1.26 bits per heavy atom. The number of hydroxylamine groups is 1. The molecule has 0 radical (unpaired) electrons. The molecule has 0 atom stereocenters. The summed E-state index contributed by atoms with van der Waals surface area (Å²) < 4.78 is 21.7. The third kappa shape index (κ3) is 7.06. The maximum atomic E-state index is 10.7. The lowest BCUT2D eigenvalue weighted by molar-refractivity contribution is -0.0155. The number of ether oxygens (including phenoxy) is 4. The van der Waals surface area contributed by atoms with Crippen molar-refractivity contribution < 1.29 is 28.6 Å². The zero-order chi connectivity index (χ0) is 16.2. The molecular formula is C16H23NO6. The van der Waals surface area contributed by atoms with Gasteiger partial charge in [-0.1, -0.05) is 0 Å². The number of rotatable bonds is 2. The van der Waals surface area contributed by atoms with Crippen molar-refractivity contribution in [1.82, 2.24) is 0 Å². The molecule has 2 rings (SSSR count). The molecule has 0 N–H and O–H groups in total. The summed E-state index contributed by atoms with van der Waals surface area (Å²) in [5.41, 5.74) is 1.42. The zero-order valence-corrected chi connectivity index (χ0v) is 13.1. The van der Waals surface area contributed by atoms with Crippen molar-refractivity contribution in [3.63, 3.8) is 0 Å². The molecule has 0 saturated carbocycles. The summed E-state index contributed by atoms with van der Waals surface area (Å²) in [6.07, 6.45) is 0.806. The summed E-state index contributed by atoms with van der Waals surface area (Å²) in [7, 11) is 0. The van der Waals surface area contributed by atoms with Gasteiger partial charge in [0.2, 0.25) is 0 Å². The lowest BCUT2D eigenvalue weighted by Gasteiger charge is -2.23. The van der Waals surface area contributed by atoms with E-state index in [-0.39, 0.29) is 6.73 Å². The molecule has 0 amide bonds. The van der Waals surface area contributed by atoms with Gasteiger partial charge < -0.3 is 18.9 Å². The number of aldehydes is 1. The average Bonchev–Trinajstić information content (AvgIpc) is 2.60. The summed E-state index contributed by atoms with van der Waals surface area (Å²) in [4.78, 5) is 16.4. The fraction of sp³-hybridized carbons (Fsp3) is 0.562. The van der Waals surface area contributed by atoms with E-state index in [0.29, 0.717) is 58.4 Å². The number of carbonyl (C=O) groups is 1. The lowest BCUT2D eigenvalue weighted by atomic mass is 10.2. The molecule has 23 heavy (non-hydrogen) atoms. The maximum Gasteiger partial charge on any atom is 0.150 e. The Morgan fingerprint density at radius 1 is 0.739 bits per heavy atom. The Morgan fingerprint density at radius 3 is 1.83 bits per heavy atom. The Balaban J connectivity index is 1.89. The van der Waals surface area contributed by atoms with Crippen LogP contribution in [0.3, 0.4) is 0 Å². The zero-order valence-electron chi connectivity index (χ0n) is 13.1. The molecule has 1 aliphatic heterocycles. The number of anilines is 1. The van der Waals surface area contributed by atoms with Crippen LogP contribution in [0, 0.1) is 0 Å². The van der Waals surface area contributed by atoms with Crippen LogP contribution in [0.5, 0.6) is 0 Å². The first-order chi connectivity index (χ1) is 11.4. The second kappa shape index (κ2) is 11.1. The summed E-state index contributed by atoms with van der Waals surface area (Å²) in [5.74, 6) is 0. The summed E-state index contributed by atoms with van der Waals surface area (Å²) in [5, 5.41) is 1.63. The Bertz CT molecular complexity index is 423. The van der Waals surface area contributed by atoms with Crippen LogP contribution in [-0.2, 0) is 23.8 Å². The monoisotopic (exact) mass is 325 g/mol. The van der Waals surface area contributed by atoms with Crippen molar-refractivity contribution in [2.24, 2.45) is 0 Å². The van der Waals surface area contributed by atoms with E-state index in [0.717, 1.165) is 12.0 Å². The first kappa shape index (κ1) is 17.8. The van der Waals surface area contributed by atoms with E-state index in [1.54, 1.807) is 17.2 Å². The molecule has 0 spiro atoms. The van der Waals surface area contributed by atoms with Gasteiger partial charge in [0.15, 0.2) is 0 Å². The number of carbonyl (C=O) groups excluding carboxylic acids is 1. The second-order valence-corrected chi connectivity index (χ2v) is 4.80. The molecule has 0 bridgehead atoms. The number of benzene rings is 1. The first-order valence-electron chi connectivity index (χ1n) is 7.67. The summed E-state index contributed by atoms with van der Waals surface area (Å²) in [6.45, 7) is 4.23. The van der Waals surface area contributed by atoms with E-state index in [9.17, 15) is 4.79 Å². The molecule has 0 aliphatic carbocycles. The lowest BCUT2D eigenvalue weighted by Crippen LogP contribution is -2.29. The maximum absolute atomic E-state index is 10.7. The second-order valence-electron chi connectivity index (χ2n) is 4.80. The van der Waals surface area contributed by atoms with Crippen LogP contribution in [0.25, 0.3) is 0 Å². The average molecular weight is 325 g/mol. The van der Waals surface area contributed by atoms with E-state index < -0.39 is 0 Å². The van der Waals surface area contributed by atoms with Gasteiger partial charge in [-0.3, -0.25) is 9.63 Å². The smallest absolute Gasteiger partial charge is 0.150 e. The molecule has 1 aliphatic rings. The van der Waals surface area contributed by atoms with Gasteiger partial charge in [-0.15, -0.1) is 0 Å². The van der Waals surface area contributed by atoms with Crippen LogP contribution in [0.2, 0.25) is 0 Å². The molecule has 1 heterocycles. The topological polar surface area (TPSA) is 66.5 Å². The van der Waals surface area contributed by atoms with E-state index >= 15 is 0 Å². The molecule has 128 valence electrons. The number of nitrogens with zero attached hydrogens (tertiary/aromatic N) is 1. The van der Waals surface area contributed by atoms with Gasteiger partial charge in [-0.2, -0.15) is 0 Å². The molecule has 0 unspecified atom stereocenters. The molecule has 1 saturated heterocycles. The van der Waals surface area contributed by atoms with Crippen molar-refractivity contribution in [3.8, 4) is 0 Å². The van der Waals surface area contributed by atoms with Crippen LogP contribution >= 0.6 is 0 Å². The van der Waals surface area contributed by atoms with Crippen LogP contribution < -0.4 is 5.06 Å². The molecule has 1 aromatic carbocycles. The minimum atomic E-state index is 0.264. The van der Waals surface area contributed by atoms with E-state index in [4.69, 9.17) is 23.8 Å². The van der Waals surface area contributed by atoms with Crippen LogP contribution in [0.4, 0.5) is 5.69 Å². The molecule has 1 aromatic rings. The summed E-state index contributed by atoms with van der Waals surface area (Å²) in [6, 6.07) is 7.09. The number of hydrogen-bond acceptors (Lipinski definition) is 7. The third-order valence-electron chi connectivity index (χ3n) is 3.12. The fourth-order valence-electron chi connectivity index (χ4n) is 1.92. The Kier molecular flexibility index (Phi) is 8.60. The first-order valence-corrected chi connectivity index (χ1v) is 7.67. The van der Waals surface area contributed by atoms with Gasteiger partial charge >= 0.3 is 0 Å². The number of hydrogen-bond donors (Lipinski definition) is 0. The Labute approximate surface area is 136 Å². The molecule has 1 fully saturated rings. The third-order valence-corrected chi connectivity index (χ3v) is 3.12. The van der Waals surface area contributed by atoms with Crippen molar-refractivity contribution >= 4 is 12.0 Å². The summed E-state index contributed by atoms with van der Waals surface area (Å²) >= 11 is 0. The van der Waals surface area contributed by atoms with Crippen LogP contribution in [0.15, 0.2) is 24.3 Å². The fourth-order valence-corrected chi connectivity index (χ4v) is 1.92. The van der Waals surface area contributed by atoms with Gasteiger partial charge in [0.05, 0.1) is 58.5 Å². The van der Waals surface area contributed by atoms with Crippen molar-refractivity contribution in [2.75, 3.05) is 64.6 Å². The van der Waals surface area contributed by atoms with Gasteiger partial charge in [0, 0.05) is 5.56 Å². The van der Waals surface area contributed by atoms with Gasteiger partial charge in [0.1, 0.15) is 13.0 Å². The van der Waals surface area contributed by atoms with Crippen molar-refractivity contribution in [1.29, 1.82) is 0 Å². The van der Waals surface area contributed by atoms with Crippen LogP contribution in [0.1, 0.15) is 10.4 Å². The standard InChI is InChI=1S/C16H23NO6/c18-13-15-1-3-16(4-2-15)17-14-22-10-9-20-6-5-19-7-8-21-11-12-23-17/h1-4,13H,5-12,14H2. The molecule has 0 aromatic heterocycles. The molecule has 7 heteroatoms. The largest absolute Gasteiger partial charge is 0.377 e. The quantitative estimate of drug-likeness (QED) is 0.759. The van der Waals surface area contributed by atoms with Gasteiger partial charge in [0.25, 0.3) is 0 Å². The SMILES string of the molecule is O=Cc1ccc(N2COCCOCCOCCOCCO2)cc1. The highest BCUT2D eigenvalue weighted by atomic mass is 16.7. The molecular weight excluding hydrogens is 302 g/mol. The van der Waals surface area contributed by atoms with Crippen molar-refractivity contribution in [2.45, 2.75) is 0 Å². The van der Waals surface area contributed by atoms with Crippen molar-refractivity contribution in [3.05, 3.63) is 29.8 Å². The normalized spacial score (nSPS) is 19.6. The highest BCUT2D eigenvalue weighted by molar-refractivity contribution is 5.75. The highest BCUT2D eigenvalue weighted by Crippen LogP contribution is 2.15. The van der Waals surface area contributed by atoms with E-state index in [1.807, 2.05) is 12.1 Å². The Hall–Kier alpha value is -1.51. The van der Waals surface area contributed by atoms with E-state index in [1.165, 1.54) is 0 Å². The predicted molar refractivity (Wildman–Crippen MR) is 83.5 cm³/mol. The van der Waals surface area contributed by atoms with Crippen LogP contribution in [-0.4, -0.2) is 65.9 Å². The minimum Gasteiger partial charge on any atom is -0.377 e. The predicted octanol–water partition coefficient (Wildman–Crippen LogP) is 1.27. The highest BCUT2D eigenvalue weighted by Gasteiger charge is 2.08. The molecule has 7 nitrogen and oxygen atoms in total.